The van der Waals surface area contributed by atoms with Crippen LogP contribution < -0.4 is 4.57 Å². The lowest BCUT2D eigenvalue weighted by atomic mass is 10.3. The largest absolute Gasteiger partial charge is 0.673 e. The van der Waals surface area contributed by atoms with Gasteiger partial charge in [0.15, 0.2) is 12.4 Å². The van der Waals surface area contributed by atoms with Crippen LogP contribution in [0.1, 0.15) is 13.2 Å². The quantitative estimate of drug-likeness (QED) is 0.436. The van der Waals surface area contributed by atoms with Gasteiger partial charge >= 0.3 is 7.25 Å². The Balaban J connectivity index is 0.000000336. The number of aromatic nitrogens is 2. The van der Waals surface area contributed by atoms with E-state index in [1.165, 1.54) is 0 Å². The lowest BCUT2D eigenvalue weighted by Gasteiger charge is -2.01. The molecular weight excluding hydrogens is 215 g/mol. The summed E-state index contributed by atoms with van der Waals surface area (Å²) in [6.07, 6.45) is 7.29. The maximum absolute atomic E-state index is 9.75. The van der Waals surface area contributed by atoms with Crippen LogP contribution in [-0.4, -0.2) is 19.3 Å². The topological polar surface area (TPSA) is 26.0 Å². The van der Waals surface area contributed by atoms with Gasteiger partial charge in [-0.15, -0.1) is 0 Å². The van der Waals surface area contributed by atoms with E-state index < -0.39 is 7.25 Å². The highest BCUT2D eigenvalue weighted by Crippen LogP contribution is 2.06. The van der Waals surface area contributed by atoms with Gasteiger partial charge in [-0.1, -0.05) is 0 Å². The Labute approximate surface area is 84.8 Å². The molecule has 86 valence electrons. The monoisotopic (exact) mass is 226 g/mol. The SMILES string of the molecule is COC(C)[n+]1ccncc1.F[B-](F)(F)F. The summed E-state index contributed by atoms with van der Waals surface area (Å²) in [5.74, 6) is 0. The Kier molecular flexibility index (Phi) is 5.84. The van der Waals surface area contributed by atoms with E-state index in [1.807, 2.05) is 23.9 Å². The van der Waals surface area contributed by atoms with Gasteiger partial charge in [0.1, 0.15) is 0 Å². The van der Waals surface area contributed by atoms with Gasteiger partial charge in [0, 0.05) is 14.0 Å². The van der Waals surface area contributed by atoms with E-state index in [4.69, 9.17) is 4.74 Å². The van der Waals surface area contributed by atoms with E-state index in [0.717, 1.165) is 0 Å². The first-order valence-electron chi connectivity index (χ1n) is 4.05. The molecular formula is C7H11BF4N2O. The first-order chi connectivity index (χ1) is 6.84. The van der Waals surface area contributed by atoms with Crippen molar-refractivity contribution in [1.29, 1.82) is 0 Å². The van der Waals surface area contributed by atoms with E-state index in [2.05, 4.69) is 4.98 Å². The molecule has 1 heterocycles. The molecule has 0 aliphatic heterocycles. The molecule has 1 rings (SSSR count). The second-order valence-corrected chi connectivity index (χ2v) is 2.52. The molecule has 1 atom stereocenters. The number of ether oxygens (including phenoxy) is 1. The molecule has 0 fully saturated rings. The van der Waals surface area contributed by atoms with E-state index in [0.29, 0.717) is 0 Å². The minimum Gasteiger partial charge on any atom is -0.418 e. The molecule has 0 saturated heterocycles. The molecule has 0 aromatic carbocycles. The normalized spacial score (nSPS) is 12.7. The smallest absolute Gasteiger partial charge is 0.418 e. The van der Waals surface area contributed by atoms with Crippen molar-refractivity contribution in [3.8, 4) is 0 Å². The van der Waals surface area contributed by atoms with Crippen molar-refractivity contribution in [3.05, 3.63) is 24.8 Å². The Morgan fingerprint density at radius 1 is 1.20 bits per heavy atom. The van der Waals surface area contributed by atoms with Crippen LogP contribution in [0.4, 0.5) is 17.3 Å². The number of rotatable bonds is 2. The maximum atomic E-state index is 9.75. The van der Waals surface area contributed by atoms with Crippen molar-refractivity contribution < 1.29 is 26.6 Å². The van der Waals surface area contributed by atoms with Crippen molar-refractivity contribution in [2.24, 2.45) is 0 Å². The second kappa shape index (κ2) is 6.33. The van der Waals surface area contributed by atoms with Crippen LogP contribution in [0.25, 0.3) is 0 Å². The number of hydrogen-bond acceptors (Lipinski definition) is 2. The van der Waals surface area contributed by atoms with Crippen LogP contribution in [0.15, 0.2) is 24.8 Å². The van der Waals surface area contributed by atoms with E-state index in [-0.39, 0.29) is 6.23 Å². The molecule has 1 unspecified atom stereocenters. The van der Waals surface area contributed by atoms with Gasteiger partial charge < -0.3 is 22.0 Å². The fourth-order valence-corrected chi connectivity index (χ4v) is 0.694. The van der Waals surface area contributed by atoms with Crippen molar-refractivity contribution in [2.45, 2.75) is 13.2 Å². The van der Waals surface area contributed by atoms with Crippen molar-refractivity contribution >= 4 is 7.25 Å². The van der Waals surface area contributed by atoms with Crippen LogP contribution in [0.3, 0.4) is 0 Å². The zero-order chi connectivity index (χ0) is 11.9. The van der Waals surface area contributed by atoms with Gasteiger partial charge in [0.05, 0.1) is 12.4 Å². The van der Waals surface area contributed by atoms with E-state index >= 15 is 0 Å². The first-order valence-corrected chi connectivity index (χ1v) is 4.05. The average Bonchev–Trinajstić information content (AvgIpc) is 2.15. The second-order valence-electron chi connectivity index (χ2n) is 2.52. The number of halogens is 4. The molecule has 0 spiro atoms. The molecule has 0 bridgehead atoms. The molecule has 0 N–H and O–H groups in total. The highest BCUT2D eigenvalue weighted by Gasteiger charge is 2.20. The van der Waals surface area contributed by atoms with Crippen molar-refractivity contribution in [2.75, 3.05) is 7.11 Å². The first kappa shape index (κ1) is 13.8. The van der Waals surface area contributed by atoms with Crippen LogP contribution >= 0.6 is 0 Å². The van der Waals surface area contributed by atoms with E-state index in [1.54, 1.807) is 19.5 Å². The lowest BCUT2D eigenvalue weighted by molar-refractivity contribution is -0.757. The highest BCUT2D eigenvalue weighted by atomic mass is 19.5. The standard InChI is InChI=1S/C7H11N2O.BF4/c1-7(10-2)9-5-3-8-4-6-9;2-1(3,4)5/h3-7H,1-2H3;/q+1;-1. The zero-order valence-corrected chi connectivity index (χ0v) is 8.28. The number of methoxy groups -OCH3 is 1. The van der Waals surface area contributed by atoms with Gasteiger partial charge in [-0.2, -0.15) is 4.57 Å². The summed E-state index contributed by atoms with van der Waals surface area (Å²) in [6.45, 7) is 1.97. The molecule has 0 aliphatic carbocycles. The summed E-state index contributed by atoms with van der Waals surface area (Å²) >= 11 is 0. The fraction of sp³-hybridized carbons (Fsp3) is 0.429. The van der Waals surface area contributed by atoms with Gasteiger partial charge in [-0.3, -0.25) is 4.98 Å². The maximum Gasteiger partial charge on any atom is 0.673 e. The Bertz CT molecular complexity index is 263. The van der Waals surface area contributed by atoms with E-state index in [9.17, 15) is 17.3 Å². The van der Waals surface area contributed by atoms with Crippen LogP contribution in [-0.2, 0) is 4.74 Å². The highest BCUT2D eigenvalue weighted by molar-refractivity contribution is 6.50. The van der Waals surface area contributed by atoms with Crippen molar-refractivity contribution in [3.63, 3.8) is 0 Å². The minimum atomic E-state index is -6.00. The molecule has 0 amide bonds. The minimum absolute atomic E-state index is 0.0861. The Morgan fingerprint density at radius 3 is 1.93 bits per heavy atom. The predicted molar refractivity (Wildman–Crippen MR) is 46.3 cm³/mol. The van der Waals surface area contributed by atoms with Gasteiger partial charge in [0.25, 0.3) is 6.23 Å². The number of hydrogen-bond donors (Lipinski definition) is 0. The third-order valence-corrected chi connectivity index (χ3v) is 1.41. The predicted octanol–water partition coefficient (Wildman–Crippen LogP) is 1.83. The fourth-order valence-electron chi connectivity index (χ4n) is 0.694. The third-order valence-electron chi connectivity index (χ3n) is 1.41. The molecule has 1 aromatic rings. The van der Waals surface area contributed by atoms with Gasteiger partial charge in [0.2, 0.25) is 0 Å². The van der Waals surface area contributed by atoms with Crippen molar-refractivity contribution in [1.82, 2.24) is 4.98 Å². The Morgan fingerprint density at radius 2 is 1.60 bits per heavy atom. The van der Waals surface area contributed by atoms with Gasteiger partial charge in [-0.25, -0.2) is 0 Å². The zero-order valence-electron chi connectivity index (χ0n) is 8.28. The summed E-state index contributed by atoms with van der Waals surface area (Å²) in [5, 5.41) is 0. The molecule has 3 nitrogen and oxygen atoms in total. The third kappa shape index (κ3) is 9.14. The molecule has 0 saturated carbocycles. The molecule has 0 aliphatic rings. The molecule has 0 radical (unpaired) electrons. The molecule has 15 heavy (non-hydrogen) atoms. The van der Waals surface area contributed by atoms with Crippen LogP contribution in [0.2, 0.25) is 0 Å². The summed E-state index contributed by atoms with van der Waals surface area (Å²) in [7, 11) is -4.32. The summed E-state index contributed by atoms with van der Waals surface area (Å²) in [5.41, 5.74) is 0. The molecule has 8 heteroatoms. The summed E-state index contributed by atoms with van der Waals surface area (Å²) < 4.78 is 46.0. The van der Waals surface area contributed by atoms with Gasteiger partial charge in [-0.05, 0) is 0 Å². The number of nitrogens with zero attached hydrogens (tertiary/aromatic N) is 2. The average molecular weight is 226 g/mol. The van der Waals surface area contributed by atoms with Crippen LogP contribution in [0, 0.1) is 0 Å². The van der Waals surface area contributed by atoms with Crippen LogP contribution in [0.5, 0.6) is 0 Å². The molecule has 1 aromatic heterocycles. The summed E-state index contributed by atoms with van der Waals surface area (Å²) in [6, 6.07) is 0. The Hall–Kier alpha value is -1.18. The summed E-state index contributed by atoms with van der Waals surface area (Å²) in [4.78, 5) is 3.89. The lowest BCUT2D eigenvalue weighted by Crippen LogP contribution is -2.37.